The number of H-pyrrole nitrogens is 1. The van der Waals surface area contributed by atoms with E-state index in [9.17, 15) is 9.59 Å². The number of benzene rings is 2. The maximum absolute atomic E-state index is 13.4. The summed E-state index contributed by atoms with van der Waals surface area (Å²) in [6.45, 7) is 5.25. The molecule has 2 amide bonds. The number of aromatic nitrogens is 2. The van der Waals surface area contributed by atoms with Gasteiger partial charge in [-0.15, -0.1) is 0 Å². The fraction of sp³-hybridized carbons (Fsp3) is 0.375. The first-order chi connectivity index (χ1) is 14.4. The smallest absolute Gasteiger partial charge is 0.254 e. The molecule has 2 N–H and O–H groups in total. The van der Waals surface area contributed by atoms with Gasteiger partial charge in [0, 0.05) is 30.8 Å². The van der Waals surface area contributed by atoms with Gasteiger partial charge >= 0.3 is 0 Å². The summed E-state index contributed by atoms with van der Waals surface area (Å²) in [4.78, 5) is 35.0. The van der Waals surface area contributed by atoms with E-state index in [1.54, 1.807) is 13.4 Å². The lowest BCUT2D eigenvalue weighted by atomic mass is 9.58. The molecule has 2 bridgehead atoms. The number of nitrogens with zero attached hydrogens (tertiary/aromatic N) is 2. The number of carbonyl (C=O) groups excluding carboxylic acids is 2. The van der Waals surface area contributed by atoms with Crippen molar-refractivity contribution in [2.45, 2.75) is 38.1 Å². The molecule has 1 fully saturated rings. The van der Waals surface area contributed by atoms with E-state index in [-0.39, 0.29) is 23.3 Å². The van der Waals surface area contributed by atoms with Gasteiger partial charge in [-0.1, -0.05) is 19.9 Å². The third kappa shape index (κ3) is 2.66. The number of hydrogen-bond donors (Lipinski definition) is 2. The molecule has 2 aromatic carbocycles. The van der Waals surface area contributed by atoms with E-state index in [2.05, 4.69) is 46.2 Å². The quantitative estimate of drug-likeness (QED) is 0.690. The van der Waals surface area contributed by atoms with E-state index in [0.29, 0.717) is 17.0 Å². The van der Waals surface area contributed by atoms with E-state index in [1.807, 2.05) is 24.3 Å². The summed E-state index contributed by atoms with van der Waals surface area (Å²) in [5.41, 5.74) is 5.61. The minimum Gasteiger partial charge on any atom is -0.355 e. The van der Waals surface area contributed by atoms with Crippen molar-refractivity contribution in [3.8, 4) is 0 Å². The van der Waals surface area contributed by atoms with Gasteiger partial charge in [0.15, 0.2) is 0 Å². The molecule has 0 saturated carbocycles. The first-order valence-electron chi connectivity index (χ1n) is 10.5. The van der Waals surface area contributed by atoms with Gasteiger partial charge in [0.05, 0.1) is 17.4 Å². The molecule has 1 saturated heterocycles. The lowest BCUT2D eigenvalue weighted by molar-refractivity contribution is 0.0250. The Morgan fingerprint density at radius 2 is 2.00 bits per heavy atom. The molecule has 1 aliphatic heterocycles. The molecule has 2 unspecified atom stereocenters. The summed E-state index contributed by atoms with van der Waals surface area (Å²) in [7, 11) is 1.66. The van der Waals surface area contributed by atoms with Crippen molar-refractivity contribution in [3.05, 3.63) is 65.0 Å². The Kier molecular flexibility index (Phi) is 4.20. The molecule has 0 spiro atoms. The predicted molar refractivity (Wildman–Crippen MR) is 116 cm³/mol. The maximum atomic E-state index is 13.4. The third-order valence-corrected chi connectivity index (χ3v) is 7.43. The summed E-state index contributed by atoms with van der Waals surface area (Å²) in [6, 6.07) is 11.8. The Hall–Kier alpha value is -3.15. The van der Waals surface area contributed by atoms with Gasteiger partial charge in [0.25, 0.3) is 11.8 Å². The van der Waals surface area contributed by atoms with E-state index < -0.39 is 0 Å². The van der Waals surface area contributed by atoms with Gasteiger partial charge in [-0.3, -0.25) is 9.59 Å². The second-order valence-corrected chi connectivity index (χ2v) is 8.81. The molecule has 1 aliphatic carbocycles. The van der Waals surface area contributed by atoms with E-state index in [4.69, 9.17) is 0 Å². The Balaban J connectivity index is 1.50. The Morgan fingerprint density at radius 3 is 2.80 bits per heavy atom. The highest BCUT2D eigenvalue weighted by atomic mass is 16.2. The van der Waals surface area contributed by atoms with Crippen LogP contribution >= 0.6 is 0 Å². The van der Waals surface area contributed by atoms with Crippen molar-refractivity contribution in [3.63, 3.8) is 0 Å². The Morgan fingerprint density at radius 1 is 1.20 bits per heavy atom. The number of piperidine rings is 1. The first-order valence-corrected chi connectivity index (χ1v) is 10.5. The van der Waals surface area contributed by atoms with E-state index in [1.165, 1.54) is 11.1 Å². The Bertz CT molecular complexity index is 1170. The summed E-state index contributed by atoms with van der Waals surface area (Å²) in [6.07, 6.45) is 3.35. The minimum atomic E-state index is -0.0574. The number of fused-ring (bicyclic) bond motifs is 5. The minimum absolute atomic E-state index is 0.0492. The molecule has 3 aromatic rings. The average Bonchev–Trinajstić information content (AvgIpc) is 3.23. The lowest BCUT2D eigenvalue weighted by Gasteiger charge is -2.54. The maximum Gasteiger partial charge on any atom is 0.254 e. The topological polar surface area (TPSA) is 78.1 Å². The van der Waals surface area contributed by atoms with Gasteiger partial charge in [-0.05, 0) is 65.6 Å². The number of aromatic amines is 1. The van der Waals surface area contributed by atoms with Crippen LogP contribution in [0.5, 0.6) is 0 Å². The van der Waals surface area contributed by atoms with E-state index >= 15 is 0 Å². The van der Waals surface area contributed by atoms with Gasteiger partial charge in [0.1, 0.15) is 0 Å². The van der Waals surface area contributed by atoms with Gasteiger partial charge in [0.2, 0.25) is 0 Å². The number of carbonyl (C=O) groups is 2. The zero-order valence-corrected chi connectivity index (χ0v) is 17.5. The van der Waals surface area contributed by atoms with Crippen molar-refractivity contribution in [2.24, 2.45) is 5.92 Å². The second kappa shape index (κ2) is 6.69. The molecule has 0 radical (unpaired) electrons. The average molecular weight is 402 g/mol. The van der Waals surface area contributed by atoms with Crippen LogP contribution in [0.4, 0.5) is 0 Å². The molecular formula is C24H26N4O2. The number of rotatable bonds is 2. The molecule has 6 nitrogen and oxygen atoms in total. The lowest BCUT2D eigenvalue weighted by Crippen LogP contribution is -2.59. The molecule has 5 rings (SSSR count). The van der Waals surface area contributed by atoms with Crippen molar-refractivity contribution >= 4 is 22.8 Å². The normalized spacial score (nSPS) is 25.1. The number of amides is 2. The van der Waals surface area contributed by atoms with Crippen LogP contribution in [0.3, 0.4) is 0 Å². The molecule has 30 heavy (non-hydrogen) atoms. The second-order valence-electron chi connectivity index (χ2n) is 8.81. The van der Waals surface area contributed by atoms with Crippen LogP contribution < -0.4 is 5.32 Å². The number of nitrogens with one attached hydrogen (secondary N) is 2. The van der Waals surface area contributed by atoms with Gasteiger partial charge in [-0.2, -0.15) is 0 Å². The predicted octanol–water partition coefficient (Wildman–Crippen LogP) is 3.29. The standard InChI is InChI=1S/C24H26N4O2/c1-14-21-12-15-4-5-16(22(29)25-3)10-18(15)24(14,2)8-9-28(21)23(30)17-6-7-19-20(11-17)27-13-26-19/h4-7,10-11,13-14,21H,8-9,12H2,1-3H3,(H,25,29)(H,26,27)/t14?,21?,24-/m1/s1. The third-order valence-electron chi connectivity index (χ3n) is 7.43. The summed E-state index contributed by atoms with van der Waals surface area (Å²) >= 11 is 0. The van der Waals surface area contributed by atoms with Gasteiger partial charge < -0.3 is 15.2 Å². The molecule has 3 atom stereocenters. The first kappa shape index (κ1) is 18.9. The van der Waals surface area contributed by atoms with Crippen LogP contribution in [-0.4, -0.2) is 46.3 Å². The zero-order chi connectivity index (χ0) is 21.0. The van der Waals surface area contributed by atoms with Crippen LogP contribution in [0.2, 0.25) is 0 Å². The molecule has 2 heterocycles. The van der Waals surface area contributed by atoms with Crippen LogP contribution in [-0.2, 0) is 11.8 Å². The van der Waals surface area contributed by atoms with Crippen LogP contribution in [0, 0.1) is 5.92 Å². The van der Waals surface area contributed by atoms with Crippen molar-refractivity contribution in [1.82, 2.24) is 20.2 Å². The molecule has 154 valence electrons. The highest BCUT2D eigenvalue weighted by Crippen LogP contribution is 2.49. The largest absolute Gasteiger partial charge is 0.355 e. The summed E-state index contributed by atoms with van der Waals surface area (Å²) in [5, 5.41) is 2.72. The van der Waals surface area contributed by atoms with Crippen LogP contribution in [0.25, 0.3) is 11.0 Å². The summed E-state index contributed by atoms with van der Waals surface area (Å²) in [5.74, 6) is 0.326. The number of hydrogen-bond acceptors (Lipinski definition) is 3. The molecule has 6 heteroatoms. The highest BCUT2D eigenvalue weighted by molar-refractivity contribution is 5.98. The number of likely N-dealkylation sites (tertiary alicyclic amines) is 1. The van der Waals surface area contributed by atoms with Gasteiger partial charge in [-0.25, -0.2) is 4.98 Å². The van der Waals surface area contributed by atoms with Crippen molar-refractivity contribution < 1.29 is 9.59 Å². The molecular weight excluding hydrogens is 376 g/mol. The van der Waals surface area contributed by atoms with Crippen LogP contribution in [0.15, 0.2) is 42.7 Å². The zero-order valence-electron chi connectivity index (χ0n) is 17.5. The molecule has 1 aromatic heterocycles. The number of imidazole rings is 1. The Labute approximate surface area is 175 Å². The van der Waals surface area contributed by atoms with Crippen LogP contribution in [0.1, 0.15) is 52.1 Å². The molecule has 2 aliphatic rings. The fourth-order valence-corrected chi connectivity index (χ4v) is 5.39. The highest BCUT2D eigenvalue weighted by Gasteiger charge is 2.49. The van der Waals surface area contributed by atoms with E-state index in [0.717, 1.165) is 30.4 Å². The fourth-order valence-electron chi connectivity index (χ4n) is 5.39. The van der Waals surface area contributed by atoms with Crippen molar-refractivity contribution in [1.29, 1.82) is 0 Å². The summed E-state index contributed by atoms with van der Waals surface area (Å²) < 4.78 is 0. The monoisotopic (exact) mass is 402 g/mol. The van der Waals surface area contributed by atoms with Crippen molar-refractivity contribution in [2.75, 3.05) is 13.6 Å². The SMILES string of the molecule is CNC(=O)c1ccc2c(c1)[C@]1(C)CCN(C(=O)c3ccc4nc[nH]c4c3)C(C2)C1C.